The van der Waals surface area contributed by atoms with Crippen LogP contribution in [0.1, 0.15) is 33.0 Å². The van der Waals surface area contributed by atoms with Crippen LogP contribution >= 0.6 is 0 Å². The fourth-order valence-corrected chi connectivity index (χ4v) is 4.05. The lowest BCUT2D eigenvalue weighted by Gasteiger charge is -2.16. The van der Waals surface area contributed by atoms with Crippen LogP contribution in [0, 0.1) is 13.8 Å². The summed E-state index contributed by atoms with van der Waals surface area (Å²) in [7, 11) is 1.74. The molecule has 0 spiro atoms. The van der Waals surface area contributed by atoms with E-state index in [1.54, 1.807) is 36.5 Å². The smallest absolute Gasteiger partial charge is 0.254 e. The third-order valence-electron chi connectivity index (χ3n) is 5.80. The van der Waals surface area contributed by atoms with Gasteiger partial charge in [0.2, 0.25) is 11.9 Å². The van der Waals surface area contributed by atoms with E-state index in [1.807, 2.05) is 44.2 Å². The summed E-state index contributed by atoms with van der Waals surface area (Å²) in [4.78, 5) is 43.2. The summed E-state index contributed by atoms with van der Waals surface area (Å²) >= 11 is 0. The number of aromatic nitrogens is 4. The molecule has 3 N–H and O–H groups in total. The van der Waals surface area contributed by atoms with Crippen molar-refractivity contribution >= 4 is 29.1 Å². The molecule has 176 valence electrons. The van der Waals surface area contributed by atoms with Crippen LogP contribution in [0.4, 0.5) is 17.3 Å². The maximum atomic E-state index is 12.8. The second-order valence-electron chi connectivity index (χ2n) is 8.72. The van der Waals surface area contributed by atoms with Crippen LogP contribution in [-0.2, 0) is 17.8 Å². The second kappa shape index (κ2) is 9.02. The van der Waals surface area contributed by atoms with Gasteiger partial charge < -0.3 is 20.5 Å². The van der Waals surface area contributed by atoms with Crippen LogP contribution in [-0.4, -0.2) is 43.7 Å². The number of carbonyl (C=O) groups is 2. The predicted molar refractivity (Wildman–Crippen MR) is 133 cm³/mol. The average Bonchev–Trinajstić information content (AvgIpc) is 3.18. The van der Waals surface area contributed by atoms with Crippen LogP contribution < -0.4 is 10.6 Å². The molecular formula is C26H25N7O2. The number of aromatic amines is 1. The zero-order valence-corrected chi connectivity index (χ0v) is 19.7. The maximum absolute atomic E-state index is 12.8. The van der Waals surface area contributed by atoms with Gasteiger partial charge in [0, 0.05) is 47.5 Å². The molecule has 0 atom stereocenters. The molecule has 35 heavy (non-hydrogen) atoms. The van der Waals surface area contributed by atoms with Gasteiger partial charge in [0.05, 0.1) is 24.3 Å². The molecule has 1 aliphatic rings. The third-order valence-corrected chi connectivity index (χ3v) is 5.80. The first kappa shape index (κ1) is 22.3. The largest absolute Gasteiger partial charge is 0.345 e. The monoisotopic (exact) mass is 467 g/mol. The molecule has 1 aliphatic heterocycles. The van der Waals surface area contributed by atoms with E-state index in [-0.39, 0.29) is 18.2 Å². The van der Waals surface area contributed by atoms with Crippen LogP contribution in [0.2, 0.25) is 0 Å². The molecule has 0 saturated carbocycles. The van der Waals surface area contributed by atoms with Crippen molar-refractivity contribution in [3.63, 3.8) is 0 Å². The molecule has 2 aromatic heterocycles. The van der Waals surface area contributed by atoms with Crippen molar-refractivity contribution in [2.24, 2.45) is 0 Å². The third kappa shape index (κ3) is 4.74. The summed E-state index contributed by atoms with van der Waals surface area (Å²) in [5, 5.41) is 6.15. The van der Waals surface area contributed by atoms with Gasteiger partial charge >= 0.3 is 0 Å². The number of hydrogen-bond acceptors (Lipinski definition) is 6. The molecule has 3 heterocycles. The highest BCUT2D eigenvalue weighted by molar-refractivity contribution is 6.00. The molecule has 0 saturated heterocycles. The van der Waals surface area contributed by atoms with E-state index in [1.165, 1.54) is 0 Å². The van der Waals surface area contributed by atoms with Crippen molar-refractivity contribution in [2.45, 2.75) is 26.8 Å². The Hall–Kier alpha value is -4.53. The molecule has 2 amide bonds. The number of anilines is 3. The first-order valence-corrected chi connectivity index (χ1v) is 11.3. The van der Waals surface area contributed by atoms with E-state index in [2.05, 4.69) is 25.6 Å². The lowest BCUT2D eigenvalue weighted by molar-refractivity contribution is -0.115. The summed E-state index contributed by atoms with van der Waals surface area (Å²) in [6, 6.07) is 13.1. The lowest BCUT2D eigenvalue weighted by atomic mass is 10.0. The van der Waals surface area contributed by atoms with Crippen molar-refractivity contribution in [3.05, 3.63) is 83.1 Å². The van der Waals surface area contributed by atoms with E-state index in [9.17, 15) is 9.59 Å². The van der Waals surface area contributed by atoms with Crippen LogP contribution in [0.25, 0.3) is 11.3 Å². The lowest BCUT2D eigenvalue weighted by Crippen LogP contribution is -2.26. The van der Waals surface area contributed by atoms with Crippen LogP contribution in [0.3, 0.4) is 0 Å². The van der Waals surface area contributed by atoms with Gasteiger partial charge in [-0.05, 0) is 49.7 Å². The predicted octanol–water partition coefficient (Wildman–Crippen LogP) is 3.99. The number of benzene rings is 2. The number of H-pyrrole nitrogens is 1. The highest BCUT2D eigenvalue weighted by atomic mass is 16.2. The summed E-state index contributed by atoms with van der Waals surface area (Å²) in [6.45, 7) is 4.30. The molecule has 5 rings (SSSR count). The van der Waals surface area contributed by atoms with E-state index < -0.39 is 0 Å². The number of aryl methyl sites for hydroxylation is 2. The number of imidazole rings is 1. The number of nitrogens with zero attached hydrogens (tertiary/aromatic N) is 4. The highest BCUT2D eigenvalue weighted by Gasteiger charge is 2.21. The van der Waals surface area contributed by atoms with Gasteiger partial charge in [0.15, 0.2) is 0 Å². The Morgan fingerprint density at radius 1 is 1.09 bits per heavy atom. The van der Waals surface area contributed by atoms with E-state index in [4.69, 9.17) is 4.98 Å². The molecule has 0 unspecified atom stereocenters. The Labute approximate surface area is 202 Å². The first-order chi connectivity index (χ1) is 16.9. The molecule has 0 bridgehead atoms. The Morgan fingerprint density at radius 3 is 2.63 bits per heavy atom. The number of amides is 2. The minimum absolute atomic E-state index is 0.0904. The quantitative estimate of drug-likeness (QED) is 0.409. The molecule has 9 nitrogen and oxygen atoms in total. The Balaban J connectivity index is 1.34. The van der Waals surface area contributed by atoms with Crippen molar-refractivity contribution in [3.8, 4) is 11.3 Å². The Morgan fingerprint density at radius 2 is 1.89 bits per heavy atom. The number of rotatable bonds is 5. The average molecular weight is 468 g/mol. The topological polar surface area (TPSA) is 116 Å². The van der Waals surface area contributed by atoms with Gasteiger partial charge in [0.1, 0.15) is 5.82 Å². The fourth-order valence-electron chi connectivity index (χ4n) is 4.05. The number of fused-ring (bicyclic) bond motifs is 3. The van der Waals surface area contributed by atoms with Gasteiger partial charge in [0.25, 0.3) is 5.91 Å². The zero-order chi connectivity index (χ0) is 24.5. The number of hydrogen-bond donors (Lipinski definition) is 3. The first-order valence-electron chi connectivity index (χ1n) is 11.3. The SMILES string of the molecule is Cc1ccc2c(c1)NC(=O)Cc1cnc(Nc3ccc(C(=O)N(C)Cc4ncc(C)[nH]4)cc3)nc1-2. The number of carbonyl (C=O) groups excluding carboxylic acids is 2. The Kier molecular flexibility index (Phi) is 5.74. The normalized spacial score (nSPS) is 12.3. The minimum Gasteiger partial charge on any atom is -0.345 e. The van der Waals surface area contributed by atoms with E-state index in [0.717, 1.165) is 45.3 Å². The molecule has 4 aromatic rings. The molecule has 0 radical (unpaired) electrons. The zero-order valence-electron chi connectivity index (χ0n) is 19.7. The van der Waals surface area contributed by atoms with Gasteiger partial charge in [-0.1, -0.05) is 12.1 Å². The molecule has 2 aromatic carbocycles. The summed E-state index contributed by atoms with van der Waals surface area (Å²) in [5.74, 6) is 0.961. The van der Waals surface area contributed by atoms with Gasteiger partial charge in [-0.15, -0.1) is 0 Å². The minimum atomic E-state index is -0.101. The van der Waals surface area contributed by atoms with Crippen LogP contribution in [0.5, 0.6) is 0 Å². The summed E-state index contributed by atoms with van der Waals surface area (Å²) in [5.41, 5.74) is 6.42. The molecule has 0 fully saturated rings. The van der Waals surface area contributed by atoms with Crippen molar-refractivity contribution in [2.75, 3.05) is 17.7 Å². The van der Waals surface area contributed by atoms with Gasteiger partial charge in [-0.3, -0.25) is 9.59 Å². The summed E-state index contributed by atoms with van der Waals surface area (Å²) in [6.07, 6.45) is 3.64. The second-order valence-corrected chi connectivity index (χ2v) is 8.72. The molecule has 0 aliphatic carbocycles. The van der Waals surface area contributed by atoms with E-state index in [0.29, 0.717) is 18.1 Å². The molecular weight excluding hydrogens is 442 g/mol. The highest BCUT2D eigenvalue weighted by Crippen LogP contribution is 2.33. The standard InChI is InChI=1S/C26H25N7O2/c1-15-4-9-20-21(10-15)31-23(34)11-18-13-28-26(32-24(18)20)30-19-7-5-17(6-8-19)25(35)33(3)14-22-27-12-16(2)29-22/h4-10,12-13H,11,14H2,1-3H3,(H,27,29)(H,31,34)(H,28,30,32). The van der Waals surface area contributed by atoms with Crippen molar-refractivity contribution in [1.82, 2.24) is 24.8 Å². The van der Waals surface area contributed by atoms with E-state index >= 15 is 0 Å². The van der Waals surface area contributed by atoms with Crippen LogP contribution in [0.15, 0.2) is 54.9 Å². The molecule has 9 heteroatoms. The summed E-state index contributed by atoms with van der Waals surface area (Å²) < 4.78 is 0. The Bertz CT molecular complexity index is 1430. The van der Waals surface area contributed by atoms with Gasteiger partial charge in [-0.2, -0.15) is 0 Å². The fraction of sp³-hybridized carbons (Fsp3) is 0.192. The van der Waals surface area contributed by atoms with Crippen molar-refractivity contribution in [1.29, 1.82) is 0 Å². The van der Waals surface area contributed by atoms with Gasteiger partial charge in [-0.25, -0.2) is 15.0 Å². The maximum Gasteiger partial charge on any atom is 0.254 e. The number of nitrogens with one attached hydrogen (secondary N) is 3. The van der Waals surface area contributed by atoms with Crippen molar-refractivity contribution < 1.29 is 9.59 Å².